The van der Waals surface area contributed by atoms with Gasteiger partial charge < -0.3 is 4.74 Å². The molecule has 4 nitrogen and oxygen atoms in total. The van der Waals surface area contributed by atoms with Crippen LogP contribution in [0.3, 0.4) is 0 Å². The fourth-order valence-corrected chi connectivity index (χ4v) is 5.58. The molecule has 1 N–H and O–H groups in total. The molecule has 0 heterocycles. The van der Waals surface area contributed by atoms with Gasteiger partial charge >= 0.3 is 0 Å². The van der Waals surface area contributed by atoms with Crippen LogP contribution < -0.4 is 4.72 Å². The Bertz CT molecular complexity index is 616. The van der Waals surface area contributed by atoms with Gasteiger partial charge in [-0.15, -0.1) is 0 Å². The molecule has 0 saturated heterocycles. The van der Waals surface area contributed by atoms with Crippen LogP contribution in [-0.4, -0.2) is 27.7 Å². The summed E-state index contributed by atoms with van der Waals surface area (Å²) in [7, 11) is -1.89. The first-order valence-corrected chi connectivity index (χ1v) is 9.25. The first-order valence-electron chi connectivity index (χ1n) is 6.18. The predicted octanol–water partition coefficient (Wildman–Crippen LogP) is 3.30. The molecule has 1 aliphatic carbocycles. The van der Waals surface area contributed by atoms with Crippen molar-refractivity contribution in [2.45, 2.75) is 37.3 Å². The summed E-state index contributed by atoms with van der Waals surface area (Å²) in [6, 6.07) is 4.89. The molecule has 1 aromatic carbocycles. The Morgan fingerprint density at radius 1 is 1.35 bits per heavy atom. The van der Waals surface area contributed by atoms with E-state index in [2.05, 4.69) is 36.6 Å². The largest absolute Gasteiger partial charge is 0.381 e. The second-order valence-electron chi connectivity index (χ2n) is 5.53. The summed E-state index contributed by atoms with van der Waals surface area (Å²) >= 11 is 6.61. The fourth-order valence-electron chi connectivity index (χ4n) is 2.43. The van der Waals surface area contributed by atoms with Gasteiger partial charge in [0.25, 0.3) is 0 Å². The summed E-state index contributed by atoms with van der Waals surface area (Å²) < 4.78 is 34.4. The van der Waals surface area contributed by atoms with E-state index >= 15 is 0 Å². The number of benzene rings is 1. The number of ether oxygens (including phenoxy) is 1. The lowest BCUT2D eigenvalue weighted by Crippen LogP contribution is -2.61. The lowest BCUT2D eigenvalue weighted by molar-refractivity contribution is -0.0908. The van der Waals surface area contributed by atoms with Crippen LogP contribution in [0, 0.1) is 5.41 Å². The van der Waals surface area contributed by atoms with Gasteiger partial charge in [-0.1, -0.05) is 29.8 Å². The number of sulfonamides is 1. The molecule has 0 aromatic heterocycles. The molecule has 0 radical (unpaired) electrons. The minimum Gasteiger partial charge on any atom is -0.381 e. The fraction of sp³-hybridized carbons (Fsp3) is 0.538. The highest BCUT2D eigenvalue weighted by Crippen LogP contribution is 2.43. The molecule has 2 rings (SSSR count). The molecule has 0 aliphatic heterocycles. The summed E-state index contributed by atoms with van der Waals surface area (Å²) in [4.78, 5) is 0.248. The van der Waals surface area contributed by atoms with E-state index < -0.39 is 10.0 Å². The number of halogens is 2. The molecule has 0 spiro atoms. The molecule has 1 saturated carbocycles. The molecule has 2 atom stereocenters. The van der Waals surface area contributed by atoms with Crippen molar-refractivity contribution in [2.24, 2.45) is 5.41 Å². The molecule has 112 valence electrons. The summed E-state index contributed by atoms with van der Waals surface area (Å²) in [5.41, 5.74) is -0.205. The highest BCUT2D eigenvalue weighted by Gasteiger charge is 2.50. The van der Waals surface area contributed by atoms with Gasteiger partial charge in [-0.3, -0.25) is 0 Å². The molecular formula is C13H17Br2NO3S. The molecular weight excluding hydrogens is 410 g/mol. The van der Waals surface area contributed by atoms with Crippen LogP contribution in [0.5, 0.6) is 0 Å². The third-order valence-electron chi connectivity index (χ3n) is 3.94. The van der Waals surface area contributed by atoms with E-state index in [4.69, 9.17) is 4.74 Å². The Labute approximate surface area is 136 Å². The summed E-state index contributed by atoms with van der Waals surface area (Å²) in [5, 5.41) is 0. The van der Waals surface area contributed by atoms with Crippen molar-refractivity contribution in [3.8, 4) is 0 Å². The number of hydrogen-bond donors (Lipinski definition) is 1. The zero-order chi connectivity index (χ0) is 15.1. The first-order chi connectivity index (χ1) is 9.18. The normalized spacial score (nSPS) is 25.2. The van der Waals surface area contributed by atoms with Crippen molar-refractivity contribution in [1.82, 2.24) is 4.72 Å². The van der Waals surface area contributed by atoms with E-state index in [1.807, 2.05) is 13.8 Å². The lowest BCUT2D eigenvalue weighted by Gasteiger charge is -2.50. The maximum absolute atomic E-state index is 12.5. The first kappa shape index (κ1) is 16.4. The summed E-state index contributed by atoms with van der Waals surface area (Å²) in [5.74, 6) is 0. The van der Waals surface area contributed by atoms with Gasteiger partial charge in [-0.05, 0) is 40.5 Å². The predicted molar refractivity (Wildman–Crippen MR) is 85.1 cm³/mol. The minimum atomic E-state index is -3.54. The van der Waals surface area contributed by atoms with Crippen LogP contribution in [0.25, 0.3) is 0 Å². The van der Waals surface area contributed by atoms with Gasteiger partial charge in [-0.25, -0.2) is 13.1 Å². The summed E-state index contributed by atoms with van der Waals surface area (Å²) in [6.07, 6.45) is 0.778. The highest BCUT2D eigenvalue weighted by molar-refractivity contribution is 9.11. The van der Waals surface area contributed by atoms with Crippen LogP contribution in [0.15, 0.2) is 32.0 Å². The van der Waals surface area contributed by atoms with Crippen LogP contribution in [0.2, 0.25) is 0 Å². The molecule has 0 amide bonds. The Morgan fingerprint density at radius 3 is 2.50 bits per heavy atom. The van der Waals surface area contributed by atoms with Crippen molar-refractivity contribution < 1.29 is 13.2 Å². The van der Waals surface area contributed by atoms with Gasteiger partial charge in [0.15, 0.2) is 0 Å². The van der Waals surface area contributed by atoms with Crippen LogP contribution >= 0.6 is 31.9 Å². The Hall–Kier alpha value is 0.0500. The second-order valence-corrected chi connectivity index (χ2v) is 8.98. The van der Waals surface area contributed by atoms with Gasteiger partial charge in [-0.2, -0.15) is 0 Å². The number of nitrogens with one attached hydrogen (secondary N) is 1. The molecule has 0 bridgehead atoms. The molecule has 20 heavy (non-hydrogen) atoms. The Balaban J connectivity index is 2.21. The van der Waals surface area contributed by atoms with Crippen molar-refractivity contribution in [2.75, 3.05) is 7.11 Å². The summed E-state index contributed by atoms with van der Waals surface area (Å²) in [6.45, 7) is 4.02. The van der Waals surface area contributed by atoms with E-state index in [-0.39, 0.29) is 22.5 Å². The maximum Gasteiger partial charge on any atom is 0.241 e. The Kier molecular flexibility index (Phi) is 4.67. The Morgan fingerprint density at radius 2 is 2.00 bits per heavy atom. The molecule has 1 fully saturated rings. The molecule has 2 unspecified atom stereocenters. The zero-order valence-corrected chi connectivity index (χ0v) is 15.5. The van der Waals surface area contributed by atoms with E-state index in [1.165, 1.54) is 0 Å². The quantitative estimate of drug-likeness (QED) is 0.803. The van der Waals surface area contributed by atoms with Crippen molar-refractivity contribution in [1.29, 1.82) is 0 Å². The lowest BCUT2D eigenvalue weighted by atomic mass is 9.65. The van der Waals surface area contributed by atoms with E-state index in [0.717, 1.165) is 4.47 Å². The number of rotatable bonds is 4. The van der Waals surface area contributed by atoms with Crippen molar-refractivity contribution >= 4 is 41.9 Å². The molecule has 7 heteroatoms. The van der Waals surface area contributed by atoms with E-state index in [0.29, 0.717) is 10.9 Å². The van der Waals surface area contributed by atoms with Gasteiger partial charge in [0, 0.05) is 27.5 Å². The van der Waals surface area contributed by atoms with Crippen LogP contribution in [0.1, 0.15) is 20.3 Å². The van der Waals surface area contributed by atoms with Gasteiger partial charge in [0.1, 0.15) is 0 Å². The second kappa shape index (κ2) is 5.68. The number of methoxy groups -OCH3 is 1. The molecule has 1 aromatic rings. The van der Waals surface area contributed by atoms with Crippen LogP contribution in [-0.2, 0) is 14.8 Å². The maximum atomic E-state index is 12.5. The van der Waals surface area contributed by atoms with Crippen LogP contribution in [0.4, 0.5) is 0 Å². The average molecular weight is 427 g/mol. The van der Waals surface area contributed by atoms with Crippen molar-refractivity contribution in [3.05, 3.63) is 27.1 Å². The SMILES string of the molecule is COC1CC(NS(=O)(=O)c2ccc(Br)cc2Br)C1(C)C. The van der Waals surface area contributed by atoms with E-state index in [1.54, 1.807) is 25.3 Å². The van der Waals surface area contributed by atoms with Gasteiger partial charge in [0.05, 0.1) is 11.0 Å². The highest BCUT2D eigenvalue weighted by atomic mass is 79.9. The zero-order valence-electron chi connectivity index (χ0n) is 11.5. The smallest absolute Gasteiger partial charge is 0.241 e. The minimum absolute atomic E-state index is 0.0866. The topological polar surface area (TPSA) is 55.4 Å². The number of hydrogen-bond acceptors (Lipinski definition) is 3. The monoisotopic (exact) mass is 425 g/mol. The van der Waals surface area contributed by atoms with Crippen molar-refractivity contribution in [3.63, 3.8) is 0 Å². The van der Waals surface area contributed by atoms with E-state index in [9.17, 15) is 8.42 Å². The third-order valence-corrected chi connectivity index (χ3v) is 6.88. The standard InChI is InChI=1S/C13H17Br2NO3S/c1-13(2)11(7-12(13)19-3)16-20(17,18)10-5-4-8(14)6-9(10)15/h4-6,11-12,16H,7H2,1-3H3. The van der Waals surface area contributed by atoms with Gasteiger partial charge in [0.2, 0.25) is 10.0 Å². The molecule has 1 aliphatic rings. The third kappa shape index (κ3) is 2.97. The average Bonchev–Trinajstić information content (AvgIpc) is 2.33.